The van der Waals surface area contributed by atoms with Crippen LogP contribution in [0.25, 0.3) is 32.4 Å². The number of fused-ring (bicyclic) bond motifs is 3. The first-order valence-corrected chi connectivity index (χ1v) is 7.77. The number of aromatic hydroxyl groups is 1. The maximum absolute atomic E-state index is 14.6. The van der Waals surface area contributed by atoms with E-state index in [1.165, 1.54) is 0 Å². The highest BCUT2D eigenvalue weighted by Gasteiger charge is 2.23. The predicted molar refractivity (Wildman–Crippen MR) is 85.9 cm³/mol. The fourth-order valence-electron chi connectivity index (χ4n) is 2.77. The SMILES string of the molecule is Cc1n[nH]c2nc(-c3cn(C)c(=N)s3)c3c(F)cc(O)c(F)c3c12. The van der Waals surface area contributed by atoms with Gasteiger partial charge in [-0.15, -0.1) is 0 Å². The van der Waals surface area contributed by atoms with Crippen molar-refractivity contribution in [3.05, 3.63) is 34.4 Å². The van der Waals surface area contributed by atoms with Crippen LogP contribution in [-0.4, -0.2) is 24.9 Å². The minimum atomic E-state index is -0.920. The lowest BCUT2D eigenvalue weighted by Gasteiger charge is -2.09. The zero-order chi connectivity index (χ0) is 17.2. The minimum absolute atomic E-state index is 0.0378. The van der Waals surface area contributed by atoms with Crippen molar-refractivity contribution in [2.75, 3.05) is 0 Å². The van der Waals surface area contributed by atoms with Gasteiger partial charge in [-0.25, -0.2) is 13.8 Å². The lowest BCUT2D eigenvalue weighted by atomic mass is 10.0. The Morgan fingerprint density at radius 2 is 2.04 bits per heavy atom. The molecular formula is C15H11F2N5OS. The fraction of sp³-hybridized carbons (Fsp3) is 0.133. The number of hydrogen-bond donors (Lipinski definition) is 3. The molecule has 0 radical (unpaired) electrons. The number of aryl methyl sites for hydroxylation is 2. The zero-order valence-corrected chi connectivity index (χ0v) is 13.4. The summed E-state index contributed by atoms with van der Waals surface area (Å²) in [6.07, 6.45) is 1.63. The Kier molecular flexibility index (Phi) is 2.98. The van der Waals surface area contributed by atoms with E-state index in [2.05, 4.69) is 15.2 Å². The lowest BCUT2D eigenvalue weighted by Crippen LogP contribution is -2.05. The summed E-state index contributed by atoms with van der Waals surface area (Å²) >= 11 is 1.10. The van der Waals surface area contributed by atoms with Gasteiger partial charge < -0.3 is 9.67 Å². The second-order valence-electron chi connectivity index (χ2n) is 5.45. The van der Waals surface area contributed by atoms with Gasteiger partial charge in [0.1, 0.15) is 5.82 Å². The van der Waals surface area contributed by atoms with Crippen molar-refractivity contribution < 1.29 is 13.9 Å². The van der Waals surface area contributed by atoms with Gasteiger partial charge in [-0.2, -0.15) is 5.10 Å². The van der Waals surface area contributed by atoms with Crippen molar-refractivity contribution in [2.24, 2.45) is 7.05 Å². The number of nitrogens with zero attached hydrogens (tertiary/aromatic N) is 3. The summed E-state index contributed by atoms with van der Waals surface area (Å²) in [6.45, 7) is 1.65. The molecule has 3 heterocycles. The average molecular weight is 347 g/mol. The van der Waals surface area contributed by atoms with Gasteiger partial charge in [0.2, 0.25) is 0 Å². The number of aromatic nitrogens is 4. The number of aromatic amines is 1. The van der Waals surface area contributed by atoms with E-state index in [0.29, 0.717) is 21.6 Å². The number of benzene rings is 1. The number of halogens is 2. The molecule has 3 N–H and O–H groups in total. The number of nitrogens with one attached hydrogen (secondary N) is 2. The van der Waals surface area contributed by atoms with Crippen LogP contribution in [-0.2, 0) is 7.05 Å². The number of rotatable bonds is 1. The Morgan fingerprint density at radius 1 is 1.29 bits per heavy atom. The van der Waals surface area contributed by atoms with Crippen molar-refractivity contribution in [3.63, 3.8) is 0 Å². The molecule has 0 aliphatic rings. The molecule has 6 nitrogen and oxygen atoms in total. The number of phenolic OH excluding ortho intramolecular Hbond substituents is 1. The number of thiazole rings is 1. The van der Waals surface area contributed by atoms with E-state index in [9.17, 15) is 13.9 Å². The summed E-state index contributed by atoms with van der Waals surface area (Å²) in [4.78, 5) is 5.16. The summed E-state index contributed by atoms with van der Waals surface area (Å²) in [5.41, 5.74) is 0.953. The second-order valence-corrected chi connectivity index (χ2v) is 6.48. The van der Waals surface area contributed by atoms with E-state index < -0.39 is 17.4 Å². The van der Waals surface area contributed by atoms with Gasteiger partial charge in [0.05, 0.1) is 21.7 Å². The summed E-state index contributed by atoms with van der Waals surface area (Å²) in [5, 5.41) is 24.4. The topological polar surface area (TPSA) is 90.6 Å². The van der Waals surface area contributed by atoms with Crippen LogP contribution in [0.1, 0.15) is 5.69 Å². The Hall–Kier alpha value is -2.81. The van der Waals surface area contributed by atoms with E-state index in [1.807, 2.05) is 0 Å². The molecule has 24 heavy (non-hydrogen) atoms. The van der Waals surface area contributed by atoms with Crippen molar-refractivity contribution in [2.45, 2.75) is 6.92 Å². The van der Waals surface area contributed by atoms with Crippen LogP contribution < -0.4 is 4.80 Å². The van der Waals surface area contributed by atoms with E-state index in [4.69, 9.17) is 5.41 Å². The maximum atomic E-state index is 14.6. The van der Waals surface area contributed by atoms with Gasteiger partial charge in [-0.3, -0.25) is 10.5 Å². The normalized spacial score (nSPS) is 11.7. The monoisotopic (exact) mass is 347 g/mol. The second kappa shape index (κ2) is 4.84. The highest BCUT2D eigenvalue weighted by Crippen LogP contribution is 2.39. The third-order valence-corrected chi connectivity index (χ3v) is 4.91. The molecule has 4 aromatic rings. The number of H-pyrrole nitrogens is 1. The fourth-order valence-corrected chi connectivity index (χ4v) is 3.63. The summed E-state index contributed by atoms with van der Waals surface area (Å²) in [5.74, 6) is -2.47. The predicted octanol–water partition coefficient (Wildman–Crippen LogP) is 2.95. The number of hydrogen-bond acceptors (Lipinski definition) is 5. The minimum Gasteiger partial charge on any atom is -0.505 e. The molecule has 0 bridgehead atoms. The molecule has 0 atom stereocenters. The van der Waals surface area contributed by atoms with Crippen LogP contribution in [0.2, 0.25) is 0 Å². The highest BCUT2D eigenvalue weighted by molar-refractivity contribution is 7.12. The van der Waals surface area contributed by atoms with Crippen molar-refractivity contribution in [1.82, 2.24) is 19.7 Å². The third kappa shape index (κ3) is 1.88. The first-order valence-electron chi connectivity index (χ1n) is 6.95. The van der Waals surface area contributed by atoms with Crippen molar-refractivity contribution in [1.29, 1.82) is 5.41 Å². The molecule has 0 saturated heterocycles. The van der Waals surface area contributed by atoms with E-state index in [1.54, 1.807) is 24.7 Å². The molecule has 9 heteroatoms. The first kappa shape index (κ1) is 14.8. The average Bonchev–Trinajstić information content (AvgIpc) is 3.07. The molecular weight excluding hydrogens is 336 g/mol. The van der Waals surface area contributed by atoms with Gasteiger partial charge in [0.15, 0.2) is 22.0 Å². The first-order chi connectivity index (χ1) is 11.4. The Morgan fingerprint density at radius 3 is 2.71 bits per heavy atom. The van der Waals surface area contributed by atoms with E-state index in [-0.39, 0.29) is 21.3 Å². The largest absolute Gasteiger partial charge is 0.505 e. The van der Waals surface area contributed by atoms with Crippen molar-refractivity contribution in [3.8, 4) is 16.3 Å². The highest BCUT2D eigenvalue weighted by atomic mass is 32.1. The van der Waals surface area contributed by atoms with Gasteiger partial charge >= 0.3 is 0 Å². The van der Waals surface area contributed by atoms with Crippen LogP contribution in [0, 0.1) is 24.0 Å². The zero-order valence-electron chi connectivity index (χ0n) is 12.6. The Balaban J connectivity index is 2.29. The van der Waals surface area contributed by atoms with E-state index in [0.717, 1.165) is 17.4 Å². The molecule has 0 aliphatic carbocycles. The molecule has 0 unspecified atom stereocenters. The van der Waals surface area contributed by atoms with Crippen LogP contribution in [0.5, 0.6) is 5.75 Å². The molecule has 0 saturated carbocycles. The molecule has 122 valence electrons. The van der Waals surface area contributed by atoms with Crippen LogP contribution in [0.4, 0.5) is 8.78 Å². The van der Waals surface area contributed by atoms with Gasteiger partial charge in [0, 0.05) is 30.1 Å². The molecule has 0 aliphatic heterocycles. The standard InChI is InChI=1S/C15H11F2N5OS/c1-5-9-11-10(6(16)3-7(23)12(11)17)13(19-14(9)21-20-5)8-4-22(2)15(18)24-8/h3-4,18,23H,1-2H3,(H,19,20,21). The van der Waals surface area contributed by atoms with Gasteiger partial charge in [-0.05, 0) is 6.92 Å². The summed E-state index contributed by atoms with van der Waals surface area (Å²) in [7, 11) is 1.69. The summed E-state index contributed by atoms with van der Waals surface area (Å²) < 4.78 is 30.8. The summed E-state index contributed by atoms with van der Waals surface area (Å²) in [6, 6.07) is 0.735. The quantitative estimate of drug-likeness (QED) is 0.494. The van der Waals surface area contributed by atoms with Crippen LogP contribution in [0.3, 0.4) is 0 Å². The molecule has 0 fully saturated rings. The maximum Gasteiger partial charge on any atom is 0.182 e. The van der Waals surface area contributed by atoms with E-state index >= 15 is 0 Å². The third-order valence-electron chi connectivity index (χ3n) is 3.91. The number of pyridine rings is 1. The molecule has 3 aromatic heterocycles. The molecule has 0 amide bonds. The van der Waals surface area contributed by atoms with Gasteiger partial charge in [-0.1, -0.05) is 11.3 Å². The molecule has 4 rings (SSSR count). The lowest BCUT2D eigenvalue weighted by molar-refractivity contribution is 0.431. The molecule has 0 spiro atoms. The van der Waals surface area contributed by atoms with Crippen LogP contribution in [0.15, 0.2) is 12.3 Å². The van der Waals surface area contributed by atoms with Crippen LogP contribution >= 0.6 is 11.3 Å². The van der Waals surface area contributed by atoms with Gasteiger partial charge in [0.25, 0.3) is 0 Å². The number of phenols is 1. The Bertz CT molecular complexity index is 1190. The Labute approximate surface area is 137 Å². The smallest absolute Gasteiger partial charge is 0.182 e. The van der Waals surface area contributed by atoms with Crippen molar-refractivity contribution >= 4 is 33.1 Å². The molecule has 1 aromatic carbocycles.